The summed E-state index contributed by atoms with van der Waals surface area (Å²) in [5.41, 5.74) is 4.52. The number of hydrogen-bond donors (Lipinski definition) is 1. The Morgan fingerprint density at radius 1 is 0.525 bits per heavy atom. The first-order valence-electron chi connectivity index (χ1n) is 26.9. The summed E-state index contributed by atoms with van der Waals surface area (Å²) >= 11 is 0. The Labute approximate surface area is 466 Å². The van der Waals surface area contributed by atoms with Gasteiger partial charge in [0.05, 0.1) is 57.9 Å². The van der Waals surface area contributed by atoms with Gasteiger partial charge in [-0.15, -0.1) is 0 Å². The van der Waals surface area contributed by atoms with Crippen LogP contribution in [0.25, 0.3) is 0 Å². The van der Waals surface area contributed by atoms with Crippen LogP contribution in [0.15, 0.2) is 200 Å². The molecule has 80 heavy (non-hydrogen) atoms. The number of ether oxygens (including phenoxy) is 12. The van der Waals surface area contributed by atoms with E-state index < -0.39 is 79.0 Å². The van der Waals surface area contributed by atoms with Crippen LogP contribution in [0.5, 0.6) is 11.5 Å². The summed E-state index contributed by atoms with van der Waals surface area (Å²) in [6, 6.07) is 60.8. The first-order chi connectivity index (χ1) is 39.2. The lowest BCUT2D eigenvalue weighted by Gasteiger charge is -2.52. The lowest BCUT2D eigenvalue weighted by molar-refractivity contribution is -0.403. The largest absolute Gasteiger partial charge is 0.497 e. The van der Waals surface area contributed by atoms with Gasteiger partial charge in [-0.05, 0) is 78.1 Å². The molecule has 0 bridgehead atoms. The Balaban J connectivity index is 1.05. The fourth-order valence-electron chi connectivity index (χ4n) is 9.93. The molecule has 416 valence electrons. The van der Waals surface area contributed by atoms with Crippen LogP contribution in [0.2, 0.25) is 0 Å². The quantitative estimate of drug-likeness (QED) is 0.0604. The zero-order valence-electron chi connectivity index (χ0n) is 45.0. The molecular weight excluding hydrogens is 1020 g/mol. The maximum absolute atomic E-state index is 15.2. The average Bonchev–Trinajstić information content (AvgIpc) is 3.53. The molecule has 3 aliphatic rings. The number of amides is 1. The Morgan fingerprint density at radius 3 is 1.57 bits per heavy atom. The number of carbonyl (C=O) groups is 2. The van der Waals surface area contributed by atoms with Gasteiger partial charge in [-0.25, -0.2) is 4.79 Å². The van der Waals surface area contributed by atoms with Crippen molar-refractivity contribution in [2.75, 3.05) is 20.3 Å². The summed E-state index contributed by atoms with van der Waals surface area (Å²) in [7, 11) is 1.58. The second-order valence-electron chi connectivity index (χ2n) is 20.2. The second-order valence-corrected chi connectivity index (χ2v) is 20.2. The van der Waals surface area contributed by atoms with E-state index in [1.54, 1.807) is 55.6 Å². The van der Waals surface area contributed by atoms with E-state index in [2.05, 4.69) is 5.32 Å². The van der Waals surface area contributed by atoms with E-state index in [4.69, 9.17) is 56.8 Å². The monoisotopic (exact) mass is 1090 g/mol. The number of hydrogen-bond acceptors (Lipinski definition) is 14. The number of fused-ring (bicyclic) bond motifs is 1. The minimum atomic E-state index is -1.26. The zero-order chi connectivity index (χ0) is 55.1. The Hall–Kier alpha value is -7.28. The molecule has 3 saturated heterocycles. The summed E-state index contributed by atoms with van der Waals surface area (Å²) in [4.78, 5) is 29.1. The third kappa shape index (κ3) is 14.7. The molecule has 0 radical (unpaired) electrons. The molecule has 0 unspecified atom stereocenters. The van der Waals surface area contributed by atoms with Crippen LogP contribution < -0.4 is 14.8 Å². The molecule has 1 N–H and O–H groups in total. The van der Waals surface area contributed by atoms with E-state index in [1.165, 1.54) is 0 Å². The van der Waals surface area contributed by atoms with Crippen LogP contribution in [-0.4, -0.2) is 99.3 Å². The predicted octanol–water partition coefficient (Wildman–Crippen LogP) is 10.2. The standard InChI is InChI=1S/C65H67NO14/c1-65(2)75-43-54-57(80-65)59(72-39-46-25-13-6-14-26-46)60(73-40-47-27-15-7-16-28-47)64(78-54)79-56-53(42-70-37-44-21-9-4-10-22-44)77-63(76-50-35-33-49(69-3)34-36-50)55(58(56)71-38-45-23-11-5-12-24-45)66-61(67)51-31-19-20-32-52(51)62(68)74-41-48-29-17-8-18-30-48/h4-36,53-60,63-64H,37-43H2,1-3H3,(H,66,67)/t53-,54-,55-,56-,57-,58-,59+,60-,63-,64+/m1/s1. The Morgan fingerprint density at radius 2 is 1.01 bits per heavy atom. The molecule has 3 heterocycles. The minimum absolute atomic E-state index is 0.00107. The van der Waals surface area contributed by atoms with Crippen molar-refractivity contribution in [3.05, 3.63) is 239 Å². The molecule has 1 amide bonds. The number of nitrogens with one attached hydrogen (secondary N) is 1. The first-order valence-corrected chi connectivity index (χ1v) is 26.9. The molecule has 10 atom stereocenters. The van der Waals surface area contributed by atoms with Gasteiger partial charge in [0.25, 0.3) is 5.91 Å². The number of rotatable bonds is 23. The maximum Gasteiger partial charge on any atom is 0.339 e. The van der Waals surface area contributed by atoms with Gasteiger partial charge in [0.1, 0.15) is 66.9 Å². The van der Waals surface area contributed by atoms with E-state index in [-0.39, 0.29) is 57.4 Å². The van der Waals surface area contributed by atoms with Crippen molar-refractivity contribution in [1.29, 1.82) is 0 Å². The van der Waals surface area contributed by atoms with Crippen LogP contribution in [0.3, 0.4) is 0 Å². The Bertz CT molecular complexity index is 3010. The molecule has 10 rings (SSSR count). The Kier molecular flexibility index (Phi) is 19.1. The molecule has 7 aromatic rings. The van der Waals surface area contributed by atoms with Crippen LogP contribution in [0.4, 0.5) is 0 Å². The van der Waals surface area contributed by atoms with Gasteiger partial charge in [0.2, 0.25) is 6.29 Å². The van der Waals surface area contributed by atoms with Crippen molar-refractivity contribution in [3.8, 4) is 11.5 Å². The predicted molar refractivity (Wildman–Crippen MR) is 295 cm³/mol. The van der Waals surface area contributed by atoms with Gasteiger partial charge in [0, 0.05) is 0 Å². The summed E-state index contributed by atoms with van der Waals surface area (Å²) < 4.78 is 80.2. The van der Waals surface area contributed by atoms with Crippen molar-refractivity contribution in [2.24, 2.45) is 0 Å². The van der Waals surface area contributed by atoms with Gasteiger partial charge in [-0.1, -0.05) is 164 Å². The highest BCUT2D eigenvalue weighted by Gasteiger charge is 2.57. The average molecular weight is 1090 g/mol. The highest BCUT2D eigenvalue weighted by atomic mass is 16.8. The minimum Gasteiger partial charge on any atom is -0.497 e. The molecule has 0 aromatic heterocycles. The molecule has 7 aromatic carbocycles. The van der Waals surface area contributed by atoms with E-state index in [9.17, 15) is 4.79 Å². The lowest BCUT2D eigenvalue weighted by Crippen LogP contribution is -2.70. The smallest absolute Gasteiger partial charge is 0.339 e. The summed E-state index contributed by atoms with van der Waals surface area (Å²) in [5.74, 6) is -1.28. The number of esters is 1. The van der Waals surface area contributed by atoms with Gasteiger partial charge < -0.3 is 62.2 Å². The van der Waals surface area contributed by atoms with Crippen molar-refractivity contribution in [3.63, 3.8) is 0 Å². The third-order valence-corrected chi connectivity index (χ3v) is 14.0. The van der Waals surface area contributed by atoms with Crippen LogP contribution in [0, 0.1) is 0 Å². The zero-order valence-corrected chi connectivity index (χ0v) is 45.0. The first kappa shape index (κ1) is 56.0. The number of benzene rings is 7. The molecule has 0 aliphatic carbocycles. The van der Waals surface area contributed by atoms with E-state index in [0.717, 1.165) is 27.8 Å². The third-order valence-electron chi connectivity index (χ3n) is 14.0. The normalized spacial score (nSPS) is 24.2. The topological polar surface area (TPSA) is 157 Å². The second kappa shape index (κ2) is 27.3. The fourth-order valence-corrected chi connectivity index (χ4v) is 9.93. The highest BCUT2D eigenvalue weighted by Crippen LogP contribution is 2.39. The molecular formula is C65H67NO14. The van der Waals surface area contributed by atoms with Gasteiger partial charge >= 0.3 is 5.97 Å². The van der Waals surface area contributed by atoms with Crippen molar-refractivity contribution < 1.29 is 66.4 Å². The summed E-state index contributed by atoms with van der Waals surface area (Å²) in [6.45, 7) is 4.53. The number of methoxy groups -OCH3 is 1. The summed E-state index contributed by atoms with van der Waals surface area (Å²) in [6.07, 6.45) is -8.69. The molecule has 15 heteroatoms. The highest BCUT2D eigenvalue weighted by molar-refractivity contribution is 6.05. The number of carbonyl (C=O) groups excluding carboxylic acids is 2. The molecule has 0 spiro atoms. The molecule has 0 saturated carbocycles. The van der Waals surface area contributed by atoms with Crippen molar-refractivity contribution in [2.45, 2.75) is 114 Å². The van der Waals surface area contributed by atoms with Gasteiger partial charge in [-0.2, -0.15) is 0 Å². The van der Waals surface area contributed by atoms with Crippen molar-refractivity contribution >= 4 is 11.9 Å². The fraction of sp³-hybridized carbons (Fsp3) is 0.323. The van der Waals surface area contributed by atoms with E-state index in [0.29, 0.717) is 11.5 Å². The molecule has 15 nitrogen and oxygen atoms in total. The maximum atomic E-state index is 15.2. The van der Waals surface area contributed by atoms with Crippen LogP contribution in [0.1, 0.15) is 62.4 Å². The van der Waals surface area contributed by atoms with E-state index in [1.807, 2.05) is 166 Å². The van der Waals surface area contributed by atoms with Crippen LogP contribution >= 0.6 is 0 Å². The van der Waals surface area contributed by atoms with E-state index >= 15 is 4.79 Å². The summed E-state index contributed by atoms with van der Waals surface area (Å²) in [5, 5.41) is 3.21. The van der Waals surface area contributed by atoms with Gasteiger partial charge in [0.15, 0.2) is 12.1 Å². The van der Waals surface area contributed by atoms with Crippen molar-refractivity contribution in [1.82, 2.24) is 5.32 Å². The van der Waals surface area contributed by atoms with Gasteiger partial charge in [-0.3, -0.25) is 4.79 Å². The molecule has 3 aliphatic heterocycles. The van der Waals surface area contributed by atoms with Crippen LogP contribution in [-0.2, 0) is 80.4 Å². The molecule has 3 fully saturated rings. The lowest BCUT2D eigenvalue weighted by atomic mass is 9.94. The SMILES string of the molecule is COc1ccc(O[C@@H]2O[C@H](COCc3ccccc3)[C@@H](O[C@@H]3O[C@@H]4COC(C)(C)O[C@H]4[C@H](OCc4ccccc4)[C@H]3OCc3ccccc3)[C@H](OCc3ccccc3)[C@H]2NC(=O)c2ccccc2C(=O)OCc2ccccc2)cc1.